The molecule has 0 radical (unpaired) electrons. The summed E-state index contributed by atoms with van der Waals surface area (Å²) in [6, 6.07) is 8.34. The van der Waals surface area contributed by atoms with E-state index in [0.717, 1.165) is 30.5 Å². The number of pyridine rings is 1. The molecule has 0 aliphatic heterocycles. The smallest absolute Gasteiger partial charge is 0.335 e. The molecule has 1 aromatic carbocycles. The van der Waals surface area contributed by atoms with Crippen molar-refractivity contribution in [3.05, 3.63) is 51.7 Å². The minimum Gasteiger partial charge on any atom is -0.478 e. The van der Waals surface area contributed by atoms with Gasteiger partial charge in [0.15, 0.2) is 0 Å². The first-order chi connectivity index (χ1) is 15.5. The van der Waals surface area contributed by atoms with Crippen molar-refractivity contribution in [3.63, 3.8) is 0 Å². The van der Waals surface area contributed by atoms with E-state index in [-0.39, 0.29) is 27.6 Å². The van der Waals surface area contributed by atoms with Crippen LogP contribution < -0.4 is 5.32 Å². The summed E-state index contributed by atoms with van der Waals surface area (Å²) < 4.78 is 0. The summed E-state index contributed by atoms with van der Waals surface area (Å²) in [6.07, 6.45) is 3.32. The topological polar surface area (TPSA) is 103 Å². The molecule has 33 heavy (non-hydrogen) atoms. The number of amides is 1. The van der Waals surface area contributed by atoms with E-state index in [1.807, 2.05) is 13.0 Å². The lowest BCUT2D eigenvalue weighted by atomic mass is 9.71. The Kier molecular flexibility index (Phi) is 7.71. The first-order valence-corrected chi connectivity index (χ1v) is 12.2. The van der Waals surface area contributed by atoms with Crippen molar-refractivity contribution in [1.82, 2.24) is 4.98 Å². The van der Waals surface area contributed by atoms with Gasteiger partial charge in [0.1, 0.15) is 11.1 Å². The summed E-state index contributed by atoms with van der Waals surface area (Å²) in [5, 5.41) is 22.0. The second-order valence-electron chi connectivity index (χ2n) is 9.37. The Balaban J connectivity index is 1.82. The van der Waals surface area contributed by atoms with Crippen molar-refractivity contribution in [2.24, 2.45) is 11.3 Å². The van der Waals surface area contributed by atoms with E-state index in [2.05, 4.69) is 32.2 Å². The first-order valence-electron chi connectivity index (χ1n) is 11.0. The number of nitriles is 1. The number of nitrogens with zero attached hydrogens (tertiary/aromatic N) is 2. The Bertz CT molecular complexity index is 1120. The zero-order chi connectivity index (χ0) is 24.3. The van der Waals surface area contributed by atoms with Crippen molar-refractivity contribution in [2.75, 3.05) is 5.32 Å². The Labute approximate surface area is 203 Å². The standard InChI is InChI=1S/C25H28ClN3O3S/c1-5-21(22(30)28-20-12-14(24(31)32)6-8-18(20)26)33-23-16(13-27)10-15-11-17(25(2,3)4)7-9-19(15)29-23/h6,8,10,12,17,21H,5,7,9,11H2,1-4H3,(H,28,30)(H,31,32). The number of benzene rings is 1. The summed E-state index contributed by atoms with van der Waals surface area (Å²) in [5.74, 6) is -0.880. The fourth-order valence-electron chi connectivity index (χ4n) is 3.98. The molecule has 0 saturated carbocycles. The lowest BCUT2D eigenvalue weighted by molar-refractivity contribution is -0.115. The molecular formula is C25H28ClN3O3S. The van der Waals surface area contributed by atoms with Crippen LogP contribution in [-0.2, 0) is 17.6 Å². The van der Waals surface area contributed by atoms with E-state index in [9.17, 15) is 20.0 Å². The number of halogens is 1. The molecular weight excluding hydrogens is 458 g/mol. The molecule has 0 bridgehead atoms. The highest BCUT2D eigenvalue weighted by molar-refractivity contribution is 8.00. The third-order valence-electron chi connectivity index (χ3n) is 6.09. The number of aromatic carboxylic acids is 1. The number of rotatable bonds is 6. The van der Waals surface area contributed by atoms with Crippen LogP contribution in [0.15, 0.2) is 29.3 Å². The quantitative estimate of drug-likeness (QED) is 0.489. The summed E-state index contributed by atoms with van der Waals surface area (Å²) in [7, 11) is 0. The van der Waals surface area contributed by atoms with Crippen LogP contribution in [-0.4, -0.2) is 27.2 Å². The highest BCUT2D eigenvalue weighted by Gasteiger charge is 2.30. The number of fused-ring (bicyclic) bond motifs is 1. The van der Waals surface area contributed by atoms with E-state index < -0.39 is 11.2 Å². The molecule has 1 aliphatic carbocycles. The monoisotopic (exact) mass is 485 g/mol. The Hall–Kier alpha value is -2.56. The molecule has 1 aromatic heterocycles. The fraction of sp³-hybridized carbons (Fsp3) is 0.440. The maximum absolute atomic E-state index is 13.0. The Morgan fingerprint density at radius 1 is 1.36 bits per heavy atom. The molecule has 1 aliphatic rings. The van der Waals surface area contributed by atoms with Crippen molar-refractivity contribution >= 4 is 40.9 Å². The van der Waals surface area contributed by atoms with Crippen LogP contribution in [0.25, 0.3) is 0 Å². The molecule has 8 heteroatoms. The molecule has 2 aromatic rings. The Morgan fingerprint density at radius 3 is 2.70 bits per heavy atom. The number of aryl methyl sites for hydroxylation is 1. The second kappa shape index (κ2) is 10.1. The number of carboxylic acids is 1. The van der Waals surface area contributed by atoms with Gasteiger partial charge in [-0.05, 0) is 66.8 Å². The van der Waals surface area contributed by atoms with Crippen LogP contribution in [0.3, 0.4) is 0 Å². The lowest BCUT2D eigenvalue weighted by Crippen LogP contribution is -2.28. The first kappa shape index (κ1) is 25.1. The van der Waals surface area contributed by atoms with Gasteiger partial charge < -0.3 is 10.4 Å². The number of aromatic nitrogens is 1. The van der Waals surface area contributed by atoms with Gasteiger partial charge in [0, 0.05) is 5.69 Å². The third kappa shape index (κ3) is 5.87. The zero-order valence-electron chi connectivity index (χ0n) is 19.2. The molecule has 2 atom stereocenters. The minimum absolute atomic E-state index is 0.0343. The van der Waals surface area contributed by atoms with Gasteiger partial charge in [-0.1, -0.05) is 51.1 Å². The highest BCUT2D eigenvalue weighted by Crippen LogP contribution is 2.39. The second-order valence-corrected chi connectivity index (χ2v) is 11.0. The van der Waals surface area contributed by atoms with Crippen molar-refractivity contribution in [1.29, 1.82) is 5.26 Å². The fourth-order valence-corrected chi connectivity index (χ4v) is 5.14. The molecule has 3 rings (SSSR count). The van der Waals surface area contributed by atoms with E-state index in [4.69, 9.17) is 16.6 Å². The van der Waals surface area contributed by atoms with Crippen LogP contribution >= 0.6 is 23.4 Å². The van der Waals surface area contributed by atoms with Gasteiger partial charge in [0.25, 0.3) is 0 Å². The number of hydrogen-bond donors (Lipinski definition) is 2. The van der Waals surface area contributed by atoms with Gasteiger partial charge in [0.05, 0.1) is 27.1 Å². The van der Waals surface area contributed by atoms with Gasteiger partial charge >= 0.3 is 5.97 Å². The average molecular weight is 486 g/mol. The Morgan fingerprint density at radius 2 is 2.09 bits per heavy atom. The number of anilines is 1. The molecule has 0 spiro atoms. The SMILES string of the molecule is CCC(Sc1nc2c(cc1C#N)CC(C(C)(C)C)CC2)C(=O)Nc1cc(C(=O)O)ccc1Cl. The minimum atomic E-state index is -1.10. The van der Waals surface area contributed by atoms with Crippen LogP contribution in [0, 0.1) is 22.7 Å². The third-order valence-corrected chi connectivity index (χ3v) is 7.78. The summed E-state index contributed by atoms with van der Waals surface area (Å²) >= 11 is 7.41. The number of carbonyl (C=O) groups excluding carboxylic acids is 1. The number of nitrogens with one attached hydrogen (secondary N) is 1. The molecule has 6 nitrogen and oxygen atoms in total. The summed E-state index contributed by atoms with van der Waals surface area (Å²) in [4.78, 5) is 29.0. The van der Waals surface area contributed by atoms with E-state index in [1.165, 1.54) is 30.0 Å². The number of thioether (sulfide) groups is 1. The van der Waals surface area contributed by atoms with Crippen molar-refractivity contribution in [3.8, 4) is 6.07 Å². The van der Waals surface area contributed by atoms with E-state index in [1.54, 1.807) is 0 Å². The maximum Gasteiger partial charge on any atom is 0.335 e. The average Bonchev–Trinajstić information content (AvgIpc) is 2.76. The van der Waals surface area contributed by atoms with Gasteiger partial charge in [-0.15, -0.1) is 0 Å². The van der Waals surface area contributed by atoms with Gasteiger partial charge in [-0.25, -0.2) is 9.78 Å². The zero-order valence-corrected chi connectivity index (χ0v) is 20.8. The van der Waals surface area contributed by atoms with Crippen LogP contribution in [0.4, 0.5) is 5.69 Å². The number of hydrogen-bond acceptors (Lipinski definition) is 5. The van der Waals surface area contributed by atoms with Crippen LogP contribution in [0.1, 0.15) is 67.7 Å². The predicted octanol–water partition coefficient (Wildman–Crippen LogP) is 5.97. The maximum atomic E-state index is 13.0. The van der Waals surface area contributed by atoms with E-state index >= 15 is 0 Å². The van der Waals surface area contributed by atoms with Crippen LogP contribution in [0.2, 0.25) is 5.02 Å². The van der Waals surface area contributed by atoms with Crippen LogP contribution in [0.5, 0.6) is 0 Å². The predicted molar refractivity (Wildman–Crippen MR) is 131 cm³/mol. The van der Waals surface area contributed by atoms with Gasteiger partial charge in [0.2, 0.25) is 5.91 Å². The number of carbonyl (C=O) groups is 2. The molecule has 0 saturated heterocycles. The molecule has 2 N–H and O–H groups in total. The van der Waals surface area contributed by atoms with Crippen molar-refractivity contribution in [2.45, 2.75) is 63.7 Å². The molecule has 1 heterocycles. The molecule has 1 amide bonds. The van der Waals surface area contributed by atoms with Gasteiger partial charge in [-0.2, -0.15) is 5.26 Å². The molecule has 0 fully saturated rings. The van der Waals surface area contributed by atoms with Gasteiger partial charge in [-0.3, -0.25) is 4.79 Å². The highest BCUT2D eigenvalue weighted by atomic mass is 35.5. The normalized spacial score (nSPS) is 16.4. The summed E-state index contributed by atoms with van der Waals surface area (Å²) in [6.45, 7) is 8.61. The largest absolute Gasteiger partial charge is 0.478 e. The summed E-state index contributed by atoms with van der Waals surface area (Å²) in [5.41, 5.74) is 3.08. The molecule has 2 unspecified atom stereocenters. The molecule has 174 valence electrons. The number of carboxylic acid groups (broad SMARTS) is 1. The lowest BCUT2D eigenvalue weighted by Gasteiger charge is -2.34. The van der Waals surface area contributed by atoms with Crippen molar-refractivity contribution < 1.29 is 14.7 Å². The van der Waals surface area contributed by atoms with E-state index in [0.29, 0.717) is 22.9 Å².